The lowest BCUT2D eigenvalue weighted by molar-refractivity contribution is -0.131. The first-order valence-corrected chi connectivity index (χ1v) is 6.09. The molecule has 0 unspecified atom stereocenters. The summed E-state index contributed by atoms with van der Waals surface area (Å²) in [5.41, 5.74) is 1.19. The van der Waals surface area contributed by atoms with Gasteiger partial charge in [0.2, 0.25) is 11.8 Å². The number of amides is 2. The second-order valence-corrected chi connectivity index (χ2v) is 4.76. The SMILES string of the molecule is C=CC(=O)N(C)CC(=O)NCc1cc(C)cs1. The monoisotopic (exact) mass is 252 g/mol. The lowest BCUT2D eigenvalue weighted by Gasteiger charge is -2.14. The van der Waals surface area contributed by atoms with Crippen molar-refractivity contribution in [2.45, 2.75) is 13.5 Å². The van der Waals surface area contributed by atoms with E-state index in [1.165, 1.54) is 16.5 Å². The standard InChI is InChI=1S/C12H16N2O2S/c1-4-12(16)14(3)7-11(15)13-6-10-5-9(2)8-17-10/h4-5,8H,1,6-7H2,2-3H3,(H,13,15). The molecule has 1 rings (SSSR count). The minimum absolute atomic E-state index is 0.0508. The Balaban J connectivity index is 2.35. The van der Waals surface area contributed by atoms with Crippen LogP contribution in [-0.2, 0) is 16.1 Å². The van der Waals surface area contributed by atoms with Crippen molar-refractivity contribution in [2.24, 2.45) is 0 Å². The molecule has 0 aromatic carbocycles. The first-order valence-electron chi connectivity index (χ1n) is 5.21. The molecule has 1 aromatic rings. The normalized spacial score (nSPS) is 9.76. The van der Waals surface area contributed by atoms with Gasteiger partial charge in [-0.05, 0) is 30.0 Å². The van der Waals surface area contributed by atoms with Crippen LogP contribution in [-0.4, -0.2) is 30.3 Å². The molecule has 0 atom stereocenters. The summed E-state index contributed by atoms with van der Waals surface area (Å²) in [6.07, 6.45) is 1.19. The van der Waals surface area contributed by atoms with Crippen molar-refractivity contribution in [3.8, 4) is 0 Å². The Bertz CT molecular complexity index is 426. The van der Waals surface area contributed by atoms with Crippen LogP contribution in [0.2, 0.25) is 0 Å². The van der Waals surface area contributed by atoms with E-state index in [1.807, 2.05) is 18.4 Å². The van der Waals surface area contributed by atoms with E-state index in [2.05, 4.69) is 11.9 Å². The van der Waals surface area contributed by atoms with Crippen LogP contribution < -0.4 is 5.32 Å². The lowest BCUT2D eigenvalue weighted by Crippen LogP contribution is -2.37. The molecule has 0 saturated carbocycles. The van der Waals surface area contributed by atoms with Crippen molar-refractivity contribution in [1.82, 2.24) is 10.2 Å². The van der Waals surface area contributed by atoms with Crippen molar-refractivity contribution in [3.05, 3.63) is 34.5 Å². The van der Waals surface area contributed by atoms with Gasteiger partial charge < -0.3 is 10.2 Å². The van der Waals surface area contributed by atoms with Crippen molar-refractivity contribution >= 4 is 23.2 Å². The highest BCUT2D eigenvalue weighted by Crippen LogP contribution is 2.12. The molecule has 1 aromatic heterocycles. The zero-order valence-corrected chi connectivity index (χ0v) is 10.8. The van der Waals surface area contributed by atoms with Crippen LogP contribution in [0.4, 0.5) is 0 Å². The quantitative estimate of drug-likeness (QED) is 0.803. The van der Waals surface area contributed by atoms with Crippen molar-refractivity contribution < 1.29 is 9.59 Å². The summed E-state index contributed by atoms with van der Waals surface area (Å²) in [6, 6.07) is 2.03. The maximum absolute atomic E-state index is 11.5. The summed E-state index contributed by atoms with van der Waals surface area (Å²) in [5.74, 6) is -0.430. The zero-order chi connectivity index (χ0) is 12.8. The summed E-state index contributed by atoms with van der Waals surface area (Å²) in [6.45, 7) is 5.93. The number of rotatable bonds is 5. The molecular formula is C12H16N2O2S. The average molecular weight is 252 g/mol. The number of carbonyl (C=O) groups excluding carboxylic acids is 2. The molecule has 0 aliphatic rings. The summed E-state index contributed by atoms with van der Waals surface area (Å²) < 4.78 is 0. The number of likely N-dealkylation sites (N-methyl/N-ethyl adjacent to an activating group) is 1. The first kappa shape index (κ1) is 13.4. The molecule has 1 heterocycles. The third-order valence-electron chi connectivity index (χ3n) is 2.18. The highest BCUT2D eigenvalue weighted by Gasteiger charge is 2.09. The fourth-order valence-electron chi connectivity index (χ4n) is 1.27. The van der Waals surface area contributed by atoms with Gasteiger partial charge in [-0.2, -0.15) is 0 Å². The Morgan fingerprint density at radius 2 is 2.29 bits per heavy atom. The second-order valence-electron chi connectivity index (χ2n) is 3.77. The Morgan fingerprint density at radius 3 is 2.82 bits per heavy atom. The number of carbonyl (C=O) groups is 2. The molecule has 2 amide bonds. The lowest BCUT2D eigenvalue weighted by atomic mass is 10.3. The van der Waals surface area contributed by atoms with E-state index in [0.29, 0.717) is 6.54 Å². The van der Waals surface area contributed by atoms with Gasteiger partial charge in [-0.15, -0.1) is 11.3 Å². The molecule has 0 fully saturated rings. The van der Waals surface area contributed by atoms with Crippen LogP contribution in [0.25, 0.3) is 0 Å². The minimum Gasteiger partial charge on any atom is -0.350 e. The molecule has 17 heavy (non-hydrogen) atoms. The fraction of sp³-hybridized carbons (Fsp3) is 0.333. The van der Waals surface area contributed by atoms with Crippen molar-refractivity contribution in [1.29, 1.82) is 0 Å². The predicted octanol–water partition coefficient (Wildman–Crippen LogP) is 1.32. The molecular weight excluding hydrogens is 236 g/mol. The van der Waals surface area contributed by atoms with Crippen molar-refractivity contribution in [2.75, 3.05) is 13.6 Å². The number of hydrogen-bond acceptors (Lipinski definition) is 3. The smallest absolute Gasteiger partial charge is 0.246 e. The second kappa shape index (κ2) is 6.20. The van der Waals surface area contributed by atoms with Crippen LogP contribution in [0.1, 0.15) is 10.4 Å². The number of nitrogens with zero attached hydrogens (tertiary/aromatic N) is 1. The van der Waals surface area contributed by atoms with E-state index < -0.39 is 0 Å². The van der Waals surface area contributed by atoms with Gasteiger partial charge in [-0.25, -0.2) is 0 Å². The van der Waals surface area contributed by atoms with E-state index in [-0.39, 0.29) is 18.4 Å². The third-order valence-corrected chi connectivity index (χ3v) is 3.23. The molecule has 0 aliphatic carbocycles. The van der Waals surface area contributed by atoms with Gasteiger partial charge in [-0.1, -0.05) is 6.58 Å². The van der Waals surface area contributed by atoms with E-state index in [4.69, 9.17) is 0 Å². The largest absolute Gasteiger partial charge is 0.350 e. The maximum atomic E-state index is 11.5. The molecule has 4 nitrogen and oxygen atoms in total. The summed E-state index contributed by atoms with van der Waals surface area (Å²) >= 11 is 1.61. The van der Waals surface area contributed by atoms with Gasteiger partial charge in [0.15, 0.2) is 0 Å². The number of nitrogens with one attached hydrogen (secondary N) is 1. The Labute approximate surface area is 105 Å². The van der Waals surface area contributed by atoms with Gasteiger partial charge >= 0.3 is 0 Å². The van der Waals surface area contributed by atoms with Gasteiger partial charge in [0.25, 0.3) is 0 Å². The minimum atomic E-state index is -0.257. The molecule has 0 saturated heterocycles. The summed E-state index contributed by atoms with van der Waals surface area (Å²) in [7, 11) is 1.57. The van der Waals surface area contributed by atoms with Crippen LogP contribution in [0.3, 0.4) is 0 Å². The molecule has 5 heteroatoms. The Kier molecular flexibility index (Phi) is 4.90. The summed E-state index contributed by atoms with van der Waals surface area (Å²) in [4.78, 5) is 25.1. The molecule has 92 valence electrons. The zero-order valence-electron chi connectivity index (χ0n) is 10.0. The van der Waals surface area contributed by atoms with E-state index in [0.717, 1.165) is 4.88 Å². The van der Waals surface area contributed by atoms with Crippen molar-refractivity contribution in [3.63, 3.8) is 0 Å². The number of hydrogen-bond donors (Lipinski definition) is 1. The molecule has 1 N–H and O–H groups in total. The van der Waals surface area contributed by atoms with E-state index in [1.54, 1.807) is 18.4 Å². The average Bonchev–Trinajstić information content (AvgIpc) is 2.71. The topological polar surface area (TPSA) is 49.4 Å². The number of aryl methyl sites for hydroxylation is 1. The van der Waals surface area contributed by atoms with Crippen LogP contribution in [0.15, 0.2) is 24.1 Å². The van der Waals surface area contributed by atoms with Gasteiger partial charge in [0, 0.05) is 11.9 Å². The van der Waals surface area contributed by atoms with Crippen LogP contribution in [0, 0.1) is 6.92 Å². The third kappa shape index (κ3) is 4.40. The Morgan fingerprint density at radius 1 is 1.59 bits per heavy atom. The number of thiophene rings is 1. The summed E-state index contributed by atoms with van der Waals surface area (Å²) in [5, 5.41) is 4.80. The van der Waals surface area contributed by atoms with Gasteiger partial charge in [0.05, 0.1) is 13.1 Å². The molecule has 0 spiro atoms. The predicted molar refractivity (Wildman–Crippen MR) is 68.7 cm³/mol. The fourth-order valence-corrected chi connectivity index (χ4v) is 2.09. The molecule has 0 aliphatic heterocycles. The van der Waals surface area contributed by atoms with Crippen LogP contribution >= 0.6 is 11.3 Å². The highest BCUT2D eigenvalue weighted by atomic mass is 32.1. The van der Waals surface area contributed by atoms with E-state index in [9.17, 15) is 9.59 Å². The molecule has 0 radical (unpaired) electrons. The van der Waals surface area contributed by atoms with Gasteiger partial charge in [-0.3, -0.25) is 9.59 Å². The van der Waals surface area contributed by atoms with Gasteiger partial charge in [0.1, 0.15) is 0 Å². The highest BCUT2D eigenvalue weighted by molar-refractivity contribution is 7.10. The van der Waals surface area contributed by atoms with E-state index >= 15 is 0 Å². The molecule has 0 bridgehead atoms. The van der Waals surface area contributed by atoms with Crippen LogP contribution in [0.5, 0.6) is 0 Å². The maximum Gasteiger partial charge on any atom is 0.246 e. The Hall–Kier alpha value is -1.62. The first-order chi connectivity index (χ1) is 8.02.